The number of nitrogens with one attached hydrogen (secondary N) is 1. The first-order chi connectivity index (χ1) is 14.5. The molecule has 0 saturated heterocycles. The molecule has 0 spiro atoms. The minimum Gasteiger partial charge on any atom is -0.379 e. The fourth-order valence-corrected chi connectivity index (χ4v) is 3.88. The minimum absolute atomic E-state index is 0.110. The van der Waals surface area contributed by atoms with E-state index in [0.29, 0.717) is 46.3 Å². The molecule has 1 N–H and O–H groups in total. The highest BCUT2D eigenvalue weighted by atomic mass is 35.5. The zero-order valence-corrected chi connectivity index (χ0v) is 18.5. The summed E-state index contributed by atoms with van der Waals surface area (Å²) in [6.45, 7) is 4.97. The van der Waals surface area contributed by atoms with E-state index < -0.39 is 0 Å². The number of benzene rings is 2. The van der Waals surface area contributed by atoms with Crippen molar-refractivity contribution in [3.05, 3.63) is 63.9 Å². The Morgan fingerprint density at radius 2 is 1.93 bits per heavy atom. The number of nitrogens with zero attached hydrogens (tertiary/aromatic N) is 2. The van der Waals surface area contributed by atoms with Crippen LogP contribution >= 0.6 is 23.4 Å². The second kappa shape index (κ2) is 10.6. The molecule has 8 heteroatoms. The highest BCUT2D eigenvalue weighted by molar-refractivity contribution is 7.99. The fourth-order valence-electron chi connectivity index (χ4n) is 2.88. The monoisotopic (exact) mass is 445 g/mol. The summed E-state index contributed by atoms with van der Waals surface area (Å²) < 4.78 is 7.21. The minimum atomic E-state index is -0.217. The standard InChI is InChI=1S/C22H24ClN3O3S/c1-15(2)29-13-7-12-26-21(28)16-8-3-5-10-18(16)25-22(26)30-14-20(27)24-19-11-6-4-9-17(19)23/h3-6,8-11,15H,7,12-14H2,1-2H3,(H,24,27). The number of rotatable bonds is 9. The second-order valence-electron chi connectivity index (χ2n) is 6.96. The zero-order valence-electron chi connectivity index (χ0n) is 16.9. The molecule has 3 aromatic rings. The molecule has 158 valence electrons. The largest absolute Gasteiger partial charge is 0.379 e. The number of carbonyl (C=O) groups excluding carboxylic acids is 1. The quantitative estimate of drug-likeness (QED) is 0.296. The number of para-hydroxylation sites is 2. The third kappa shape index (κ3) is 5.84. The van der Waals surface area contributed by atoms with Crippen LogP contribution in [-0.2, 0) is 16.1 Å². The van der Waals surface area contributed by atoms with E-state index in [1.807, 2.05) is 26.0 Å². The van der Waals surface area contributed by atoms with Crippen molar-refractivity contribution in [2.24, 2.45) is 0 Å². The van der Waals surface area contributed by atoms with E-state index in [1.165, 1.54) is 11.8 Å². The van der Waals surface area contributed by atoms with E-state index in [9.17, 15) is 9.59 Å². The summed E-state index contributed by atoms with van der Waals surface area (Å²) in [5.74, 6) is -0.108. The zero-order chi connectivity index (χ0) is 21.5. The average molecular weight is 446 g/mol. The van der Waals surface area contributed by atoms with Crippen molar-refractivity contribution in [1.29, 1.82) is 0 Å². The predicted molar refractivity (Wildman–Crippen MR) is 123 cm³/mol. The normalized spacial score (nSPS) is 11.2. The molecule has 1 aromatic heterocycles. The molecule has 0 atom stereocenters. The van der Waals surface area contributed by atoms with Gasteiger partial charge in [-0.2, -0.15) is 0 Å². The van der Waals surface area contributed by atoms with Crippen molar-refractivity contribution in [1.82, 2.24) is 9.55 Å². The van der Waals surface area contributed by atoms with Gasteiger partial charge in [0.15, 0.2) is 5.16 Å². The van der Waals surface area contributed by atoms with E-state index in [-0.39, 0.29) is 23.3 Å². The topological polar surface area (TPSA) is 73.2 Å². The average Bonchev–Trinajstić information content (AvgIpc) is 2.72. The van der Waals surface area contributed by atoms with E-state index in [0.717, 1.165) is 0 Å². The van der Waals surface area contributed by atoms with Crippen molar-refractivity contribution in [3.8, 4) is 0 Å². The van der Waals surface area contributed by atoms with Gasteiger partial charge >= 0.3 is 0 Å². The van der Waals surface area contributed by atoms with E-state index in [4.69, 9.17) is 16.3 Å². The highest BCUT2D eigenvalue weighted by Gasteiger charge is 2.14. The van der Waals surface area contributed by atoms with Gasteiger partial charge in [-0.25, -0.2) is 4.98 Å². The maximum absolute atomic E-state index is 13.0. The first kappa shape index (κ1) is 22.3. The summed E-state index contributed by atoms with van der Waals surface area (Å²) in [4.78, 5) is 30.0. The molecular weight excluding hydrogens is 422 g/mol. The number of anilines is 1. The molecule has 1 amide bonds. The number of fused-ring (bicyclic) bond motifs is 1. The smallest absolute Gasteiger partial charge is 0.262 e. The van der Waals surface area contributed by atoms with Crippen LogP contribution < -0.4 is 10.9 Å². The molecule has 30 heavy (non-hydrogen) atoms. The third-order valence-electron chi connectivity index (χ3n) is 4.28. The van der Waals surface area contributed by atoms with Gasteiger partial charge in [-0.1, -0.05) is 47.6 Å². The first-order valence-corrected chi connectivity index (χ1v) is 11.1. The lowest BCUT2D eigenvalue weighted by Crippen LogP contribution is -2.25. The van der Waals surface area contributed by atoms with Gasteiger partial charge < -0.3 is 10.1 Å². The Hall–Kier alpha value is -2.35. The number of thioether (sulfide) groups is 1. The van der Waals surface area contributed by atoms with Crippen LogP contribution in [0.5, 0.6) is 0 Å². The summed E-state index contributed by atoms with van der Waals surface area (Å²) in [7, 11) is 0. The number of aromatic nitrogens is 2. The van der Waals surface area contributed by atoms with E-state index in [2.05, 4.69) is 10.3 Å². The number of amides is 1. The molecule has 0 radical (unpaired) electrons. The Morgan fingerprint density at radius 3 is 2.70 bits per heavy atom. The number of hydrogen-bond acceptors (Lipinski definition) is 5. The molecule has 0 aliphatic rings. The van der Waals surface area contributed by atoms with Crippen LogP contribution in [0.2, 0.25) is 5.02 Å². The Morgan fingerprint density at radius 1 is 1.20 bits per heavy atom. The summed E-state index contributed by atoms with van der Waals surface area (Å²) >= 11 is 7.33. The molecule has 2 aromatic carbocycles. The predicted octanol–water partition coefficient (Wildman–Crippen LogP) is 4.60. The number of halogens is 1. The van der Waals surface area contributed by atoms with Gasteiger partial charge in [0.2, 0.25) is 5.91 Å². The summed E-state index contributed by atoms with van der Waals surface area (Å²) in [6, 6.07) is 14.3. The van der Waals surface area contributed by atoms with E-state index >= 15 is 0 Å². The van der Waals surface area contributed by atoms with Crippen LogP contribution in [0.25, 0.3) is 10.9 Å². The van der Waals surface area contributed by atoms with E-state index in [1.54, 1.807) is 41.0 Å². The van der Waals surface area contributed by atoms with Crippen molar-refractivity contribution >= 4 is 45.9 Å². The Kier molecular flexibility index (Phi) is 7.90. The first-order valence-electron chi connectivity index (χ1n) is 9.74. The summed E-state index contributed by atoms with van der Waals surface area (Å²) in [5.41, 5.74) is 1.06. The molecule has 0 saturated carbocycles. The fraction of sp³-hybridized carbons (Fsp3) is 0.318. The molecule has 3 rings (SSSR count). The molecular formula is C22H24ClN3O3S. The van der Waals surface area contributed by atoms with Gasteiger partial charge in [-0.15, -0.1) is 0 Å². The van der Waals surface area contributed by atoms with Crippen molar-refractivity contribution in [2.45, 2.75) is 38.1 Å². The molecule has 0 bridgehead atoms. The maximum Gasteiger partial charge on any atom is 0.262 e. The summed E-state index contributed by atoms with van der Waals surface area (Å²) in [6.07, 6.45) is 0.816. The van der Waals surface area contributed by atoms with Crippen molar-refractivity contribution in [2.75, 3.05) is 17.7 Å². The van der Waals surface area contributed by atoms with Crippen LogP contribution in [-0.4, -0.2) is 33.9 Å². The highest BCUT2D eigenvalue weighted by Crippen LogP contribution is 2.22. The number of ether oxygens (including phenoxy) is 1. The third-order valence-corrected chi connectivity index (χ3v) is 5.59. The van der Waals surface area contributed by atoms with Crippen LogP contribution in [0.4, 0.5) is 5.69 Å². The van der Waals surface area contributed by atoms with Gasteiger partial charge in [-0.3, -0.25) is 14.2 Å². The van der Waals surface area contributed by atoms with Gasteiger partial charge in [0, 0.05) is 13.2 Å². The van der Waals surface area contributed by atoms with Gasteiger partial charge in [-0.05, 0) is 44.5 Å². The molecule has 0 unspecified atom stereocenters. The van der Waals surface area contributed by atoms with Gasteiger partial charge in [0.25, 0.3) is 5.56 Å². The molecule has 0 aliphatic heterocycles. The lowest BCUT2D eigenvalue weighted by molar-refractivity contribution is -0.113. The SMILES string of the molecule is CC(C)OCCCn1c(SCC(=O)Nc2ccccc2Cl)nc2ccccc2c1=O. The summed E-state index contributed by atoms with van der Waals surface area (Å²) in [5, 5.41) is 4.34. The van der Waals surface area contributed by atoms with Crippen molar-refractivity contribution in [3.63, 3.8) is 0 Å². The molecule has 0 fully saturated rings. The number of hydrogen-bond donors (Lipinski definition) is 1. The van der Waals surface area contributed by atoms with Crippen LogP contribution in [0.15, 0.2) is 58.5 Å². The Balaban J connectivity index is 1.77. The molecule has 6 nitrogen and oxygen atoms in total. The lowest BCUT2D eigenvalue weighted by Gasteiger charge is -2.14. The number of carbonyl (C=O) groups is 1. The second-order valence-corrected chi connectivity index (χ2v) is 8.31. The van der Waals surface area contributed by atoms with Gasteiger partial charge in [0.05, 0.1) is 33.5 Å². The van der Waals surface area contributed by atoms with Gasteiger partial charge in [0.1, 0.15) is 0 Å². The Bertz CT molecular complexity index is 1080. The van der Waals surface area contributed by atoms with Crippen molar-refractivity contribution < 1.29 is 9.53 Å². The molecule has 0 aliphatic carbocycles. The maximum atomic E-state index is 13.0. The van der Waals surface area contributed by atoms with Crippen LogP contribution in [0, 0.1) is 0 Å². The Labute approximate surface area is 184 Å². The lowest BCUT2D eigenvalue weighted by atomic mass is 10.2. The van der Waals surface area contributed by atoms with Crippen LogP contribution in [0.1, 0.15) is 20.3 Å². The van der Waals surface area contributed by atoms with Crippen LogP contribution in [0.3, 0.4) is 0 Å². The molecule has 1 heterocycles.